The molecular formula is C18H26F2N2O2. The molecule has 1 atom stereocenters. The molecular weight excluding hydrogens is 314 g/mol. The number of hydrogen-bond donors (Lipinski definition) is 1. The smallest absolute Gasteiger partial charge is 0.256 e. The summed E-state index contributed by atoms with van der Waals surface area (Å²) in [6, 6.07) is 3.93. The van der Waals surface area contributed by atoms with E-state index in [1.807, 2.05) is 11.9 Å². The third-order valence-corrected chi connectivity index (χ3v) is 4.30. The van der Waals surface area contributed by atoms with Crippen LogP contribution in [0.25, 0.3) is 0 Å². The second-order valence-corrected chi connectivity index (χ2v) is 7.17. The van der Waals surface area contributed by atoms with Gasteiger partial charge in [0.05, 0.1) is 0 Å². The highest BCUT2D eigenvalue weighted by molar-refractivity contribution is 5.86. The van der Waals surface area contributed by atoms with E-state index < -0.39 is 23.1 Å². The number of hydrogen-bond acceptors (Lipinski definition) is 3. The summed E-state index contributed by atoms with van der Waals surface area (Å²) in [5.74, 6) is -1.84. The van der Waals surface area contributed by atoms with Crippen LogP contribution in [0.15, 0.2) is 18.2 Å². The predicted molar refractivity (Wildman–Crippen MR) is 88.3 cm³/mol. The molecule has 2 rings (SSSR count). The maximum atomic E-state index is 13.8. The maximum Gasteiger partial charge on any atom is 0.256 e. The number of rotatable bonds is 6. The molecule has 4 nitrogen and oxygen atoms in total. The molecule has 6 heteroatoms. The van der Waals surface area contributed by atoms with Crippen molar-refractivity contribution in [1.82, 2.24) is 9.80 Å². The first-order valence-corrected chi connectivity index (χ1v) is 8.36. The van der Waals surface area contributed by atoms with E-state index in [-0.39, 0.29) is 18.7 Å². The van der Waals surface area contributed by atoms with Gasteiger partial charge in [-0.2, -0.15) is 0 Å². The van der Waals surface area contributed by atoms with E-state index in [0.29, 0.717) is 25.3 Å². The van der Waals surface area contributed by atoms with Crippen molar-refractivity contribution in [2.45, 2.75) is 38.8 Å². The van der Waals surface area contributed by atoms with Gasteiger partial charge in [0.15, 0.2) is 17.2 Å². The lowest BCUT2D eigenvalue weighted by molar-refractivity contribution is -0.160. The fourth-order valence-corrected chi connectivity index (χ4v) is 3.37. The standard InChI is InChI=1S/C18H26F2N2O2/c1-13(2)10-21(3)12-18(24)8-5-9-22(17(18)23)11-14-6-4-7-15(19)16(14)20/h4,6-7,13,24H,5,8-12H2,1-3H3. The minimum atomic E-state index is -1.47. The molecule has 1 fully saturated rings. The van der Waals surface area contributed by atoms with Gasteiger partial charge in [-0.25, -0.2) is 8.78 Å². The molecule has 0 bridgehead atoms. The number of carbonyl (C=O) groups is 1. The largest absolute Gasteiger partial charge is 0.379 e. The topological polar surface area (TPSA) is 43.8 Å². The Kier molecular flexibility index (Phi) is 5.93. The molecule has 0 saturated carbocycles. The predicted octanol–water partition coefficient (Wildman–Crippen LogP) is 2.41. The summed E-state index contributed by atoms with van der Waals surface area (Å²) < 4.78 is 27.2. The molecule has 0 spiro atoms. The number of nitrogens with zero attached hydrogens (tertiary/aromatic N) is 2. The Morgan fingerprint density at radius 2 is 2.08 bits per heavy atom. The van der Waals surface area contributed by atoms with Crippen molar-refractivity contribution in [3.8, 4) is 0 Å². The van der Waals surface area contributed by atoms with Crippen LogP contribution in [0.5, 0.6) is 0 Å². The Bertz CT molecular complexity index is 594. The normalized spacial score (nSPS) is 21.8. The first kappa shape index (κ1) is 18.8. The minimum Gasteiger partial charge on any atom is -0.379 e. The van der Waals surface area contributed by atoms with Gasteiger partial charge < -0.3 is 14.9 Å². The van der Waals surface area contributed by atoms with E-state index in [0.717, 1.165) is 12.6 Å². The van der Waals surface area contributed by atoms with Crippen LogP contribution < -0.4 is 0 Å². The van der Waals surface area contributed by atoms with Gasteiger partial charge in [-0.3, -0.25) is 4.79 Å². The van der Waals surface area contributed by atoms with Crippen molar-refractivity contribution in [3.05, 3.63) is 35.4 Å². The monoisotopic (exact) mass is 340 g/mol. The minimum absolute atomic E-state index is 0.0291. The summed E-state index contributed by atoms with van der Waals surface area (Å²) in [4.78, 5) is 16.1. The summed E-state index contributed by atoms with van der Waals surface area (Å²) in [7, 11) is 1.87. The highest BCUT2D eigenvalue weighted by Crippen LogP contribution is 2.26. The number of piperidine rings is 1. The molecule has 134 valence electrons. The molecule has 1 aliphatic rings. The molecule has 1 aromatic rings. The Hall–Kier alpha value is -1.53. The molecule has 1 aromatic carbocycles. The van der Waals surface area contributed by atoms with Crippen LogP contribution in [0.1, 0.15) is 32.3 Å². The number of halogens is 2. The molecule has 1 saturated heterocycles. The average molecular weight is 340 g/mol. The van der Waals surface area contributed by atoms with Crippen molar-refractivity contribution in [1.29, 1.82) is 0 Å². The summed E-state index contributed by atoms with van der Waals surface area (Å²) in [5, 5.41) is 10.8. The molecule has 1 amide bonds. The van der Waals surface area contributed by atoms with E-state index in [1.165, 1.54) is 17.0 Å². The first-order valence-electron chi connectivity index (χ1n) is 8.36. The highest BCUT2D eigenvalue weighted by atomic mass is 19.2. The summed E-state index contributed by atoms with van der Waals surface area (Å²) in [6.07, 6.45) is 1.02. The third kappa shape index (κ3) is 4.30. The van der Waals surface area contributed by atoms with Crippen LogP contribution in [-0.2, 0) is 11.3 Å². The molecule has 1 heterocycles. The number of aliphatic hydroxyl groups is 1. The first-order chi connectivity index (χ1) is 11.2. The zero-order chi connectivity index (χ0) is 17.9. The number of likely N-dealkylation sites (tertiary alicyclic amines) is 1. The second kappa shape index (κ2) is 7.57. The van der Waals surface area contributed by atoms with Crippen molar-refractivity contribution in [3.63, 3.8) is 0 Å². The summed E-state index contributed by atoms with van der Waals surface area (Å²) in [6.45, 7) is 5.56. The van der Waals surface area contributed by atoms with Crippen LogP contribution in [0.4, 0.5) is 8.78 Å². The van der Waals surface area contributed by atoms with Gasteiger partial charge in [-0.1, -0.05) is 26.0 Å². The molecule has 1 N–H and O–H groups in total. The quantitative estimate of drug-likeness (QED) is 0.865. The van der Waals surface area contributed by atoms with E-state index in [2.05, 4.69) is 13.8 Å². The van der Waals surface area contributed by atoms with Gasteiger partial charge in [0.1, 0.15) is 0 Å². The lowest BCUT2D eigenvalue weighted by atomic mass is 9.90. The maximum absolute atomic E-state index is 13.8. The number of likely N-dealkylation sites (N-methyl/N-ethyl adjacent to an activating group) is 1. The van der Waals surface area contributed by atoms with Gasteiger partial charge in [0.25, 0.3) is 5.91 Å². The number of carbonyl (C=O) groups excluding carboxylic acids is 1. The van der Waals surface area contributed by atoms with Gasteiger partial charge in [-0.05, 0) is 31.9 Å². The van der Waals surface area contributed by atoms with Crippen molar-refractivity contribution >= 4 is 5.91 Å². The molecule has 0 aliphatic carbocycles. The van der Waals surface area contributed by atoms with Crippen LogP contribution in [0, 0.1) is 17.6 Å². The van der Waals surface area contributed by atoms with Crippen LogP contribution in [-0.4, -0.2) is 53.1 Å². The van der Waals surface area contributed by atoms with Gasteiger partial charge >= 0.3 is 0 Å². The SMILES string of the molecule is CC(C)CN(C)CC1(O)CCCN(Cc2cccc(F)c2F)C1=O. The Morgan fingerprint density at radius 1 is 1.38 bits per heavy atom. The van der Waals surface area contributed by atoms with Crippen LogP contribution >= 0.6 is 0 Å². The number of benzene rings is 1. The molecule has 24 heavy (non-hydrogen) atoms. The van der Waals surface area contributed by atoms with Crippen molar-refractivity contribution in [2.75, 3.05) is 26.7 Å². The zero-order valence-corrected chi connectivity index (χ0v) is 14.6. The fourth-order valence-electron chi connectivity index (χ4n) is 3.37. The molecule has 1 unspecified atom stereocenters. The van der Waals surface area contributed by atoms with Gasteiger partial charge in [0, 0.05) is 31.7 Å². The third-order valence-electron chi connectivity index (χ3n) is 4.30. The zero-order valence-electron chi connectivity index (χ0n) is 14.6. The Labute approximate surface area is 142 Å². The van der Waals surface area contributed by atoms with E-state index >= 15 is 0 Å². The Balaban J connectivity index is 2.10. The summed E-state index contributed by atoms with van der Waals surface area (Å²) >= 11 is 0. The van der Waals surface area contributed by atoms with Crippen molar-refractivity contribution < 1.29 is 18.7 Å². The van der Waals surface area contributed by atoms with E-state index in [1.54, 1.807) is 0 Å². The van der Waals surface area contributed by atoms with Gasteiger partial charge in [-0.15, -0.1) is 0 Å². The van der Waals surface area contributed by atoms with Crippen molar-refractivity contribution in [2.24, 2.45) is 5.92 Å². The lowest BCUT2D eigenvalue weighted by Crippen LogP contribution is -2.58. The van der Waals surface area contributed by atoms with E-state index in [9.17, 15) is 18.7 Å². The van der Waals surface area contributed by atoms with Crippen LogP contribution in [0.3, 0.4) is 0 Å². The molecule has 0 aromatic heterocycles. The molecule has 1 aliphatic heterocycles. The lowest BCUT2D eigenvalue weighted by Gasteiger charge is -2.40. The fraction of sp³-hybridized carbons (Fsp3) is 0.611. The van der Waals surface area contributed by atoms with Crippen LogP contribution in [0.2, 0.25) is 0 Å². The highest BCUT2D eigenvalue weighted by Gasteiger charge is 2.43. The Morgan fingerprint density at radius 3 is 2.75 bits per heavy atom. The molecule has 0 radical (unpaired) electrons. The number of amides is 1. The second-order valence-electron chi connectivity index (χ2n) is 7.17. The summed E-state index contributed by atoms with van der Waals surface area (Å²) in [5.41, 5.74) is -1.34. The van der Waals surface area contributed by atoms with E-state index in [4.69, 9.17) is 0 Å². The average Bonchev–Trinajstić information content (AvgIpc) is 2.47. The van der Waals surface area contributed by atoms with Gasteiger partial charge in [0.2, 0.25) is 0 Å².